The fourth-order valence-corrected chi connectivity index (χ4v) is 6.09. The highest BCUT2D eigenvalue weighted by atomic mass is 16.7. The fourth-order valence-electron chi connectivity index (χ4n) is 6.09. The lowest BCUT2D eigenvalue weighted by molar-refractivity contribution is -0.223. The molecular weight excluding hydrogens is 288 g/mol. The molecule has 0 aliphatic heterocycles. The summed E-state index contributed by atoms with van der Waals surface area (Å²) in [5, 5.41) is 18.4. The van der Waals surface area contributed by atoms with Crippen LogP contribution in [0.15, 0.2) is 35.6 Å². The van der Waals surface area contributed by atoms with Crippen LogP contribution in [0.3, 0.4) is 0 Å². The molecule has 0 spiro atoms. The van der Waals surface area contributed by atoms with Gasteiger partial charge in [-0.05, 0) is 62.4 Å². The summed E-state index contributed by atoms with van der Waals surface area (Å²) in [6.45, 7) is 2.99. The Morgan fingerprint density at radius 3 is 2.78 bits per heavy atom. The van der Waals surface area contributed by atoms with Crippen LogP contribution >= 0.6 is 0 Å². The summed E-state index contributed by atoms with van der Waals surface area (Å²) in [5.74, 6) is 2.73. The van der Waals surface area contributed by atoms with Crippen LogP contribution in [0.2, 0.25) is 0 Å². The van der Waals surface area contributed by atoms with Gasteiger partial charge in [-0.25, -0.2) is 0 Å². The molecule has 0 amide bonds. The van der Waals surface area contributed by atoms with Gasteiger partial charge in [-0.15, -0.1) is 0 Å². The maximum absolute atomic E-state index is 9.22. The van der Waals surface area contributed by atoms with Crippen molar-refractivity contribution in [3.8, 4) is 0 Å². The normalized spacial score (nSPS) is 45.0. The van der Waals surface area contributed by atoms with E-state index >= 15 is 0 Å². The van der Waals surface area contributed by atoms with Crippen LogP contribution < -0.4 is 0 Å². The molecule has 126 valence electrons. The Hall–Kier alpha value is -1.06. The number of aliphatic hydroxyl groups excluding tert-OH is 1. The van der Waals surface area contributed by atoms with Crippen LogP contribution in [0.25, 0.3) is 0 Å². The van der Waals surface area contributed by atoms with E-state index in [1.807, 2.05) is 0 Å². The average Bonchev–Trinajstić information content (AvgIpc) is 2.83. The molecule has 2 N–H and O–H groups in total. The Bertz CT molecular complexity index is 588. The third-order valence-electron chi connectivity index (χ3n) is 7.32. The van der Waals surface area contributed by atoms with Crippen molar-refractivity contribution in [3.63, 3.8) is 0 Å². The van der Waals surface area contributed by atoms with Crippen LogP contribution in [0.4, 0.5) is 0 Å². The van der Waals surface area contributed by atoms with Gasteiger partial charge < -0.3 is 14.9 Å². The number of hydrogen-bond donors (Lipinski definition) is 2. The summed E-state index contributed by atoms with van der Waals surface area (Å²) in [5.41, 5.74) is 1.85. The highest BCUT2D eigenvalue weighted by Gasteiger charge is 2.56. The minimum atomic E-state index is -1.70. The topological polar surface area (TPSA) is 49.7 Å². The lowest BCUT2D eigenvalue weighted by Crippen LogP contribution is -2.48. The second-order valence-electron chi connectivity index (χ2n) is 8.27. The first-order valence-corrected chi connectivity index (χ1v) is 9.06. The summed E-state index contributed by atoms with van der Waals surface area (Å²) in [7, 11) is 0. The number of allylic oxidation sites excluding steroid dienone is 6. The zero-order valence-corrected chi connectivity index (χ0v) is 14.2. The molecule has 23 heavy (non-hydrogen) atoms. The molecule has 4 aliphatic rings. The molecule has 5 atom stereocenters. The van der Waals surface area contributed by atoms with Gasteiger partial charge in [0.1, 0.15) is 5.76 Å². The lowest BCUT2D eigenvalue weighted by Gasteiger charge is -2.55. The van der Waals surface area contributed by atoms with Crippen molar-refractivity contribution in [2.75, 3.05) is 0 Å². The van der Waals surface area contributed by atoms with E-state index in [9.17, 15) is 10.2 Å². The monoisotopic (exact) mass is 316 g/mol. The predicted molar refractivity (Wildman–Crippen MR) is 89.0 cm³/mol. The zero-order valence-electron chi connectivity index (χ0n) is 14.2. The van der Waals surface area contributed by atoms with Gasteiger partial charge in [0.15, 0.2) is 0 Å². The SMILES string of the molecule is C[C@]12C=CCCC1=CC[C@@H]1[C@@H]2CC[C@]2(C)C(OC(O)O)=CC[C@@H]12. The van der Waals surface area contributed by atoms with Crippen LogP contribution in [-0.2, 0) is 4.74 Å². The van der Waals surface area contributed by atoms with Crippen LogP contribution in [0.5, 0.6) is 0 Å². The molecule has 0 unspecified atom stereocenters. The number of rotatable bonds is 2. The predicted octanol–water partition coefficient (Wildman–Crippen LogP) is 3.89. The molecule has 0 radical (unpaired) electrons. The molecule has 4 aliphatic carbocycles. The van der Waals surface area contributed by atoms with E-state index in [1.165, 1.54) is 25.7 Å². The fraction of sp³-hybridized carbons (Fsp3) is 0.700. The molecule has 0 heterocycles. The van der Waals surface area contributed by atoms with Crippen molar-refractivity contribution in [3.05, 3.63) is 35.6 Å². The molecule has 3 nitrogen and oxygen atoms in total. The first-order valence-electron chi connectivity index (χ1n) is 9.06. The molecule has 3 heteroatoms. The van der Waals surface area contributed by atoms with Gasteiger partial charge in [0, 0.05) is 10.8 Å². The Labute approximate surface area is 138 Å². The second kappa shape index (κ2) is 5.22. The zero-order chi connectivity index (χ0) is 16.2. The highest BCUT2D eigenvalue weighted by Crippen LogP contribution is 2.64. The number of fused-ring (bicyclic) bond motifs is 5. The largest absolute Gasteiger partial charge is 0.446 e. The molecule has 0 aromatic heterocycles. The van der Waals surface area contributed by atoms with Crippen molar-refractivity contribution < 1.29 is 14.9 Å². The minimum absolute atomic E-state index is 0.0367. The summed E-state index contributed by atoms with van der Waals surface area (Å²) in [4.78, 5) is 0. The summed E-state index contributed by atoms with van der Waals surface area (Å²) in [6.07, 6.45) is 16.3. The standard InChI is InChI=1S/C20H28O3/c1-19-11-4-3-5-13(19)6-7-14-15-8-9-17(23-18(21)22)20(15,2)12-10-16(14)19/h4,6,9,11,14-16,18,21-22H,3,5,7-8,10,12H2,1-2H3/t14-,15-,16-,19-,20-/m0/s1. The third kappa shape index (κ3) is 2.16. The quantitative estimate of drug-likeness (QED) is 0.600. The second-order valence-corrected chi connectivity index (χ2v) is 8.27. The van der Waals surface area contributed by atoms with E-state index in [4.69, 9.17) is 4.74 Å². The first kappa shape index (κ1) is 15.5. The van der Waals surface area contributed by atoms with E-state index in [1.54, 1.807) is 5.57 Å². The first-order chi connectivity index (χ1) is 10.9. The van der Waals surface area contributed by atoms with Crippen molar-refractivity contribution in [2.24, 2.45) is 28.6 Å². The number of aliphatic hydroxyl groups is 2. The van der Waals surface area contributed by atoms with E-state index in [-0.39, 0.29) is 10.8 Å². The summed E-state index contributed by atoms with van der Waals surface area (Å²) in [6, 6.07) is 0. The maximum atomic E-state index is 9.22. The van der Waals surface area contributed by atoms with Crippen molar-refractivity contribution in [2.45, 2.75) is 58.8 Å². The molecule has 1 saturated carbocycles. The lowest BCUT2D eigenvalue weighted by atomic mass is 9.49. The van der Waals surface area contributed by atoms with Gasteiger partial charge in [-0.2, -0.15) is 0 Å². The van der Waals surface area contributed by atoms with Crippen LogP contribution in [0.1, 0.15) is 52.4 Å². The maximum Gasteiger partial charge on any atom is 0.310 e. The van der Waals surface area contributed by atoms with E-state index in [0.717, 1.165) is 18.6 Å². The molecule has 0 aromatic carbocycles. The average molecular weight is 316 g/mol. The van der Waals surface area contributed by atoms with Crippen molar-refractivity contribution in [1.29, 1.82) is 0 Å². The molecule has 0 aromatic rings. The van der Waals surface area contributed by atoms with Gasteiger partial charge >= 0.3 is 6.48 Å². The Morgan fingerprint density at radius 2 is 2.00 bits per heavy atom. The molecule has 0 bridgehead atoms. The highest BCUT2D eigenvalue weighted by molar-refractivity contribution is 5.32. The third-order valence-corrected chi connectivity index (χ3v) is 7.32. The Morgan fingerprint density at radius 1 is 1.17 bits per heavy atom. The Balaban J connectivity index is 1.64. The molecule has 1 fully saturated rings. The van der Waals surface area contributed by atoms with Gasteiger partial charge in [0.05, 0.1) is 0 Å². The summed E-state index contributed by atoms with van der Waals surface area (Å²) < 4.78 is 5.34. The van der Waals surface area contributed by atoms with Gasteiger partial charge in [0.25, 0.3) is 0 Å². The van der Waals surface area contributed by atoms with Crippen molar-refractivity contribution in [1.82, 2.24) is 0 Å². The van der Waals surface area contributed by atoms with E-state index < -0.39 is 6.48 Å². The van der Waals surface area contributed by atoms with Crippen LogP contribution in [0, 0.1) is 28.6 Å². The smallest absolute Gasteiger partial charge is 0.310 e. The minimum Gasteiger partial charge on any atom is -0.446 e. The van der Waals surface area contributed by atoms with E-state index in [0.29, 0.717) is 17.8 Å². The van der Waals surface area contributed by atoms with E-state index in [2.05, 4.69) is 38.2 Å². The Kier molecular flexibility index (Phi) is 3.51. The van der Waals surface area contributed by atoms with Crippen molar-refractivity contribution >= 4 is 0 Å². The number of hydrogen-bond acceptors (Lipinski definition) is 3. The molecular formula is C20H28O3. The van der Waals surface area contributed by atoms with Gasteiger partial charge in [-0.1, -0.05) is 37.6 Å². The van der Waals surface area contributed by atoms with Gasteiger partial charge in [-0.3, -0.25) is 0 Å². The van der Waals surface area contributed by atoms with Crippen LogP contribution in [-0.4, -0.2) is 16.7 Å². The van der Waals surface area contributed by atoms with Gasteiger partial charge in [0.2, 0.25) is 0 Å². The number of ether oxygens (including phenoxy) is 1. The molecule has 0 saturated heterocycles. The molecule has 4 rings (SSSR count). The summed E-state index contributed by atoms with van der Waals surface area (Å²) >= 11 is 0.